The van der Waals surface area contributed by atoms with Gasteiger partial charge >= 0.3 is 6.18 Å². The van der Waals surface area contributed by atoms with Crippen molar-refractivity contribution in [3.05, 3.63) is 35.4 Å². The summed E-state index contributed by atoms with van der Waals surface area (Å²) < 4.78 is 37.8. The van der Waals surface area contributed by atoms with Crippen LogP contribution in [0, 0.1) is 0 Å². The standard InChI is InChI=1S/C18H24F3N3O/c19-18(20,21)14-6-4-13(5-7-14)11-24-10-8-15(12-24)23-17(25)16-3-1-2-9-22-16/h4-7,15-16,22H,1-3,8-12H2,(H,23,25)/t15?,16-/m1/s1. The Morgan fingerprint density at radius 1 is 1.20 bits per heavy atom. The highest BCUT2D eigenvalue weighted by molar-refractivity contribution is 5.82. The van der Waals surface area contributed by atoms with Crippen LogP contribution in [0.5, 0.6) is 0 Å². The Labute approximate surface area is 145 Å². The predicted octanol–water partition coefficient (Wildman–Crippen LogP) is 2.54. The number of likely N-dealkylation sites (tertiary alicyclic amines) is 1. The van der Waals surface area contributed by atoms with Crippen molar-refractivity contribution >= 4 is 5.91 Å². The van der Waals surface area contributed by atoms with Gasteiger partial charge in [-0.1, -0.05) is 18.6 Å². The molecule has 2 aliphatic heterocycles. The van der Waals surface area contributed by atoms with Crippen LogP contribution >= 0.6 is 0 Å². The summed E-state index contributed by atoms with van der Waals surface area (Å²) in [7, 11) is 0. The molecule has 138 valence electrons. The lowest BCUT2D eigenvalue weighted by molar-refractivity contribution is -0.137. The van der Waals surface area contributed by atoms with Gasteiger partial charge in [-0.3, -0.25) is 9.69 Å². The number of piperidine rings is 1. The van der Waals surface area contributed by atoms with Crippen molar-refractivity contribution in [3.8, 4) is 0 Å². The van der Waals surface area contributed by atoms with Crippen LogP contribution in [0.1, 0.15) is 36.8 Å². The zero-order chi connectivity index (χ0) is 17.9. The van der Waals surface area contributed by atoms with Gasteiger partial charge in [0.2, 0.25) is 5.91 Å². The molecule has 2 saturated heterocycles. The van der Waals surface area contributed by atoms with E-state index >= 15 is 0 Å². The Morgan fingerprint density at radius 2 is 1.96 bits per heavy atom. The summed E-state index contributed by atoms with van der Waals surface area (Å²) in [5.41, 5.74) is 0.233. The summed E-state index contributed by atoms with van der Waals surface area (Å²) in [5, 5.41) is 6.35. The first-order chi connectivity index (χ1) is 11.9. The van der Waals surface area contributed by atoms with Crippen molar-refractivity contribution < 1.29 is 18.0 Å². The van der Waals surface area contributed by atoms with Gasteiger partial charge in [0.1, 0.15) is 0 Å². The molecule has 0 radical (unpaired) electrons. The molecule has 2 aliphatic rings. The number of carbonyl (C=O) groups is 1. The monoisotopic (exact) mass is 355 g/mol. The van der Waals surface area contributed by atoms with Crippen molar-refractivity contribution in [1.82, 2.24) is 15.5 Å². The maximum absolute atomic E-state index is 12.6. The fourth-order valence-electron chi connectivity index (χ4n) is 3.53. The van der Waals surface area contributed by atoms with Crippen molar-refractivity contribution in [3.63, 3.8) is 0 Å². The van der Waals surface area contributed by atoms with Crippen LogP contribution in [-0.2, 0) is 17.5 Å². The smallest absolute Gasteiger partial charge is 0.351 e. The van der Waals surface area contributed by atoms with Crippen LogP contribution in [0.25, 0.3) is 0 Å². The van der Waals surface area contributed by atoms with Gasteiger partial charge in [0.25, 0.3) is 0 Å². The Kier molecular flexibility index (Phi) is 5.64. The zero-order valence-electron chi connectivity index (χ0n) is 14.1. The first-order valence-corrected chi connectivity index (χ1v) is 8.84. The number of halogens is 3. The molecule has 0 aromatic heterocycles. The molecule has 1 amide bonds. The van der Waals surface area contributed by atoms with Gasteiger partial charge in [0.05, 0.1) is 11.6 Å². The molecule has 0 saturated carbocycles. The molecule has 2 atom stereocenters. The van der Waals surface area contributed by atoms with E-state index in [-0.39, 0.29) is 18.0 Å². The molecule has 3 rings (SSSR count). The first-order valence-electron chi connectivity index (χ1n) is 8.84. The molecule has 1 unspecified atom stereocenters. The number of carbonyl (C=O) groups excluding carboxylic acids is 1. The quantitative estimate of drug-likeness (QED) is 0.872. The van der Waals surface area contributed by atoms with Gasteiger partial charge in [-0.25, -0.2) is 0 Å². The molecule has 7 heteroatoms. The Bertz CT molecular complexity index is 582. The minimum atomic E-state index is -4.30. The molecule has 2 N–H and O–H groups in total. The van der Waals surface area contributed by atoms with E-state index in [2.05, 4.69) is 15.5 Å². The SMILES string of the molecule is O=C(NC1CCN(Cc2ccc(C(F)(F)F)cc2)C1)[C@H]1CCCCN1. The van der Waals surface area contributed by atoms with Gasteiger partial charge < -0.3 is 10.6 Å². The molecule has 0 aliphatic carbocycles. The van der Waals surface area contributed by atoms with Gasteiger partial charge in [0.15, 0.2) is 0 Å². The summed E-state index contributed by atoms with van der Waals surface area (Å²) >= 11 is 0. The topological polar surface area (TPSA) is 44.4 Å². The van der Waals surface area contributed by atoms with Crippen molar-refractivity contribution in [1.29, 1.82) is 0 Å². The molecule has 1 aromatic carbocycles. The zero-order valence-corrected chi connectivity index (χ0v) is 14.1. The molecule has 4 nitrogen and oxygen atoms in total. The number of benzene rings is 1. The average Bonchev–Trinajstić information content (AvgIpc) is 3.02. The predicted molar refractivity (Wildman–Crippen MR) is 88.9 cm³/mol. The lowest BCUT2D eigenvalue weighted by Crippen LogP contribution is -2.50. The third kappa shape index (κ3) is 4.95. The van der Waals surface area contributed by atoms with Crippen molar-refractivity contribution in [2.45, 2.75) is 50.5 Å². The second kappa shape index (κ2) is 7.74. The minimum Gasteiger partial charge on any atom is -0.351 e. The van der Waals surface area contributed by atoms with Crippen LogP contribution in [-0.4, -0.2) is 42.5 Å². The molecule has 2 heterocycles. The molecular formula is C18H24F3N3O. The van der Waals surface area contributed by atoms with E-state index < -0.39 is 11.7 Å². The number of nitrogens with one attached hydrogen (secondary N) is 2. The van der Waals surface area contributed by atoms with Crippen molar-refractivity contribution in [2.24, 2.45) is 0 Å². The third-order valence-electron chi connectivity index (χ3n) is 4.93. The van der Waals surface area contributed by atoms with Crippen LogP contribution in [0.3, 0.4) is 0 Å². The first kappa shape index (κ1) is 18.2. The van der Waals surface area contributed by atoms with Gasteiger partial charge in [-0.05, 0) is 43.5 Å². The number of amides is 1. The van der Waals surface area contributed by atoms with E-state index in [0.29, 0.717) is 6.54 Å². The Hall–Kier alpha value is -1.60. The second-order valence-corrected chi connectivity index (χ2v) is 6.93. The number of nitrogens with zero attached hydrogens (tertiary/aromatic N) is 1. The van der Waals surface area contributed by atoms with E-state index in [9.17, 15) is 18.0 Å². The van der Waals surface area contributed by atoms with Gasteiger partial charge in [0, 0.05) is 25.7 Å². The molecule has 25 heavy (non-hydrogen) atoms. The second-order valence-electron chi connectivity index (χ2n) is 6.93. The fraction of sp³-hybridized carbons (Fsp3) is 0.611. The fourth-order valence-corrected chi connectivity index (χ4v) is 3.53. The Balaban J connectivity index is 1.47. The lowest BCUT2D eigenvalue weighted by Gasteiger charge is -2.24. The van der Waals surface area contributed by atoms with Crippen LogP contribution in [0.4, 0.5) is 13.2 Å². The van der Waals surface area contributed by atoms with Crippen LogP contribution in [0.15, 0.2) is 24.3 Å². The molecule has 1 aromatic rings. The van der Waals surface area contributed by atoms with E-state index in [1.54, 1.807) is 0 Å². The summed E-state index contributed by atoms with van der Waals surface area (Å²) in [6.45, 7) is 3.07. The number of alkyl halides is 3. The normalized spacial score (nSPS) is 25.1. The molecule has 0 bridgehead atoms. The highest BCUT2D eigenvalue weighted by atomic mass is 19.4. The lowest BCUT2D eigenvalue weighted by atomic mass is 10.0. The largest absolute Gasteiger partial charge is 0.416 e. The van der Waals surface area contributed by atoms with E-state index in [4.69, 9.17) is 0 Å². The average molecular weight is 355 g/mol. The number of hydrogen-bond acceptors (Lipinski definition) is 3. The number of hydrogen-bond donors (Lipinski definition) is 2. The third-order valence-corrected chi connectivity index (χ3v) is 4.93. The summed E-state index contributed by atoms with van der Waals surface area (Å²) in [4.78, 5) is 14.4. The van der Waals surface area contributed by atoms with E-state index in [1.807, 2.05) is 0 Å². The van der Waals surface area contributed by atoms with Crippen LogP contribution < -0.4 is 10.6 Å². The summed E-state index contributed by atoms with van der Waals surface area (Å²) in [6.07, 6.45) is -0.342. The summed E-state index contributed by atoms with van der Waals surface area (Å²) in [5.74, 6) is 0.0704. The highest BCUT2D eigenvalue weighted by Crippen LogP contribution is 2.29. The number of rotatable bonds is 4. The van der Waals surface area contributed by atoms with E-state index in [1.165, 1.54) is 12.1 Å². The van der Waals surface area contributed by atoms with E-state index in [0.717, 1.165) is 63.0 Å². The minimum absolute atomic E-state index is 0.0704. The van der Waals surface area contributed by atoms with Gasteiger partial charge in [-0.2, -0.15) is 13.2 Å². The van der Waals surface area contributed by atoms with Crippen molar-refractivity contribution in [2.75, 3.05) is 19.6 Å². The molecular weight excluding hydrogens is 331 g/mol. The maximum atomic E-state index is 12.6. The Morgan fingerprint density at radius 3 is 2.60 bits per heavy atom. The maximum Gasteiger partial charge on any atom is 0.416 e. The summed E-state index contributed by atoms with van der Waals surface area (Å²) in [6, 6.07) is 5.34. The van der Waals surface area contributed by atoms with Gasteiger partial charge in [-0.15, -0.1) is 0 Å². The molecule has 0 spiro atoms. The highest BCUT2D eigenvalue weighted by Gasteiger charge is 2.30. The van der Waals surface area contributed by atoms with Crippen LogP contribution in [0.2, 0.25) is 0 Å². The molecule has 2 fully saturated rings.